The Kier molecular flexibility index (Phi) is 4.22. The summed E-state index contributed by atoms with van der Waals surface area (Å²) in [5, 5.41) is 9.59. The van der Waals surface area contributed by atoms with Gasteiger partial charge in [0, 0.05) is 0 Å². The summed E-state index contributed by atoms with van der Waals surface area (Å²) in [5.41, 5.74) is 0.484. The third-order valence-corrected chi connectivity index (χ3v) is 1.79. The summed E-state index contributed by atoms with van der Waals surface area (Å²) in [6, 6.07) is 9.37. The summed E-state index contributed by atoms with van der Waals surface area (Å²) in [7, 11) is 0. The lowest BCUT2D eigenvalue weighted by Gasteiger charge is -2.12. The van der Waals surface area contributed by atoms with E-state index in [0.717, 1.165) is 5.56 Å². The van der Waals surface area contributed by atoms with Gasteiger partial charge < -0.3 is 9.84 Å². The van der Waals surface area contributed by atoms with E-state index >= 15 is 0 Å². The van der Waals surface area contributed by atoms with Crippen molar-refractivity contribution in [3.63, 3.8) is 0 Å². The Balaban J connectivity index is 2.44. The second kappa shape index (κ2) is 5.22. The first kappa shape index (κ1) is 10.5. The molecule has 0 aliphatic carbocycles. The summed E-state index contributed by atoms with van der Waals surface area (Å²) in [6.45, 7) is 1.95. The molecule has 0 saturated heterocycles. The Morgan fingerprint density at radius 2 is 2.00 bits per heavy atom. The zero-order chi connectivity index (χ0) is 9.68. The van der Waals surface area contributed by atoms with E-state index in [4.69, 9.17) is 16.3 Å². The molecule has 0 spiro atoms. The number of hydrogen-bond donors (Lipinski definition) is 1. The number of hydrogen-bond acceptors (Lipinski definition) is 2. The fraction of sp³-hybridized carbons (Fsp3) is 0.400. The third-order valence-electron chi connectivity index (χ3n) is 1.67. The minimum absolute atomic E-state index is 0.231. The van der Waals surface area contributed by atoms with Gasteiger partial charge in [0.05, 0.1) is 6.61 Å². The average molecular weight is 201 g/mol. The van der Waals surface area contributed by atoms with Gasteiger partial charge in [0.15, 0.2) is 0 Å². The lowest BCUT2D eigenvalue weighted by atomic mass is 10.1. The molecule has 0 amide bonds. The topological polar surface area (TPSA) is 29.5 Å². The number of aliphatic hydroxyl groups is 1. The summed E-state index contributed by atoms with van der Waals surface area (Å²) in [4.78, 5) is 0. The molecule has 2 atom stereocenters. The van der Waals surface area contributed by atoms with Crippen LogP contribution in [0.3, 0.4) is 0 Å². The van der Waals surface area contributed by atoms with Crippen molar-refractivity contribution in [3.8, 4) is 0 Å². The van der Waals surface area contributed by atoms with E-state index in [1.54, 1.807) is 6.92 Å². The molecule has 0 fully saturated rings. The minimum Gasteiger partial charge on any atom is -0.386 e. The molecule has 0 aromatic heterocycles. The molecule has 2 unspecified atom stereocenters. The predicted molar refractivity (Wildman–Crippen MR) is 52.7 cm³/mol. The molecule has 0 saturated carbocycles. The molecule has 1 N–H and O–H groups in total. The second-order valence-corrected chi connectivity index (χ2v) is 3.42. The van der Waals surface area contributed by atoms with Gasteiger partial charge in [-0.3, -0.25) is 0 Å². The van der Waals surface area contributed by atoms with Crippen molar-refractivity contribution in [3.05, 3.63) is 35.9 Å². The third kappa shape index (κ3) is 3.77. The normalized spacial score (nSPS) is 15.3. The molecule has 0 heterocycles. The molecule has 2 nitrogen and oxygen atoms in total. The number of rotatable bonds is 4. The van der Waals surface area contributed by atoms with E-state index in [1.807, 2.05) is 30.3 Å². The van der Waals surface area contributed by atoms with E-state index in [9.17, 15) is 5.11 Å². The average Bonchev–Trinajstić information content (AvgIpc) is 2.15. The van der Waals surface area contributed by atoms with E-state index in [-0.39, 0.29) is 12.2 Å². The Labute approximate surface area is 83.1 Å². The fourth-order valence-corrected chi connectivity index (χ4v) is 1.07. The maximum Gasteiger partial charge on any atom is 0.128 e. The van der Waals surface area contributed by atoms with Crippen LogP contribution in [0.15, 0.2) is 30.3 Å². The van der Waals surface area contributed by atoms with Gasteiger partial charge in [-0.15, -0.1) is 0 Å². The Bertz CT molecular complexity index is 236. The van der Waals surface area contributed by atoms with Gasteiger partial charge in [0.25, 0.3) is 0 Å². The number of halogens is 1. The van der Waals surface area contributed by atoms with Crippen molar-refractivity contribution in [1.82, 2.24) is 0 Å². The molecule has 13 heavy (non-hydrogen) atoms. The largest absolute Gasteiger partial charge is 0.386 e. The first-order valence-corrected chi connectivity index (χ1v) is 4.62. The maximum atomic E-state index is 9.59. The quantitative estimate of drug-likeness (QED) is 0.756. The van der Waals surface area contributed by atoms with E-state index in [1.165, 1.54) is 0 Å². The molecule has 1 aromatic carbocycles. The summed E-state index contributed by atoms with van der Waals surface area (Å²) in [5.74, 6) is 0. The Morgan fingerprint density at radius 1 is 1.38 bits per heavy atom. The zero-order valence-corrected chi connectivity index (χ0v) is 8.24. The van der Waals surface area contributed by atoms with Crippen LogP contribution < -0.4 is 0 Å². The van der Waals surface area contributed by atoms with Gasteiger partial charge in [-0.1, -0.05) is 41.9 Å². The van der Waals surface area contributed by atoms with Crippen LogP contribution >= 0.6 is 11.6 Å². The highest BCUT2D eigenvalue weighted by atomic mass is 35.5. The fourth-order valence-electron chi connectivity index (χ4n) is 0.995. The molecule has 0 bridgehead atoms. The molecule has 0 aliphatic rings. The smallest absolute Gasteiger partial charge is 0.128 e. The van der Waals surface area contributed by atoms with Crippen LogP contribution in [0.5, 0.6) is 0 Å². The highest BCUT2D eigenvalue weighted by molar-refractivity contribution is 6.19. The number of alkyl halides is 1. The van der Waals surface area contributed by atoms with Gasteiger partial charge in [-0.2, -0.15) is 0 Å². The lowest BCUT2D eigenvalue weighted by molar-refractivity contribution is 0.0273. The summed E-state index contributed by atoms with van der Waals surface area (Å²) in [6.07, 6.45) is -0.595. The number of benzene rings is 1. The first-order chi connectivity index (χ1) is 6.20. The molecule has 3 heteroatoms. The van der Waals surface area contributed by atoms with Crippen LogP contribution in [0.2, 0.25) is 0 Å². The van der Waals surface area contributed by atoms with Crippen LogP contribution in [-0.2, 0) is 4.74 Å². The molecule has 1 rings (SSSR count). The predicted octanol–water partition coefficient (Wildman–Crippen LogP) is 2.32. The molecule has 72 valence electrons. The highest BCUT2D eigenvalue weighted by Crippen LogP contribution is 2.13. The van der Waals surface area contributed by atoms with Crippen molar-refractivity contribution in [1.29, 1.82) is 0 Å². The zero-order valence-electron chi connectivity index (χ0n) is 7.48. The van der Waals surface area contributed by atoms with Gasteiger partial charge in [-0.05, 0) is 12.5 Å². The van der Waals surface area contributed by atoms with E-state index < -0.39 is 6.10 Å². The SMILES string of the molecule is CC(Cl)OCC(O)c1ccccc1. The standard InChI is InChI=1S/C10H13ClO2/c1-8(11)13-7-10(12)9-5-3-2-4-6-9/h2-6,8,10,12H,7H2,1H3. The molecule has 0 radical (unpaired) electrons. The van der Waals surface area contributed by atoms with Crippen molar-refractivity contribution in [2.75, 3.05) is 6.61 Å². The molecular formula is C10H13ClO2. The van der Waals surface area contributed by atoms with Crippen molar-refractivity contribution < 1.29 is 9.84 Å². The van der Waals surface area contributed by atoms with E-state index in [2.05, 4.69) is 0 Å². The van der Waals surface area contributed by atoms with Crippen LogP contribution in [0, 0.1) is 0 Å². The van der Waals surface area contributed by atoms with Crippen molar-refractivity contribution in [2.45, 2.75) is 18.6 Å². The summed E-state index contributed by atoms with van der Waals surface area (Å²) >= 11 is 5.58. The molecule has 1 aromatic rings. The van der Waals surface area contributed by atoms with Crippen LogP contribution in [0.25, 0.3) is 0 Å². The summed E-state index contributed by atoms with van der Waals surface area (Å²) < 4.78 is 5.07. The molecule has 0 aliphatic heterocycles. The monoisotopic (exact) mass is 200 g/mol. The second-order valence-electron chi connectivity index (χ2n) is 2.80. The Hall–Kier alpha value is -0.570. The van der Waals surface area contributed by atoms with Crippen LogP contribution in [0.1, 0.15) is 18.6 Å². The molecular weight excluding hydrogens is 188 g/mol. The van der Waals surface area contributed by atoms with Gasteiger partial charge in [0.1, 0.15) is 11.7 Å². The van der Waals surface area contributed by atoms with Gasteiger partial charge >= 0.3 is 0 Å². The van der Waals surface area contributed by atoms with Crippen molar-refractivity contribution >= 4 is 11.6 Å². The van der Waals surface area contributed by atoms with Gasteiger partial charge in [-0.25, -0.2) is 0 Å². The highest BCUT2D eigenvalue weighted by Gasteiger charge is 2.07. The maximum absolute atomic E-state index is 9.59. The lowest BCUT2D eigenvalue weighted by Crippen LogP contribution is -2.10. The first-order valence-electron chi connectivity index (χ1n) is 4.19. The van der Waals surface area contributed by atoms with Gasteiger partial charge in [0.2, 0.25) is 0 Å². The Morgan fingerprint density at radius 3 is 2.54 bits per heavy atom. The van der Waals surface area contributed by atoms with Crippen molar-refractivity contribution in [2.24, 2.45) is 0 Å². The minimum atomic E-state index is -0.595. The number of aliphatic hydroxyl groups excluding tert-OH is 1. The van der Waals surface area contributed by atoms with Crippen LogP contribution in [0.4, 0.5) is 0 Å². The number of ether oxygens (including phenoxy) is 1. The van der Waals surface area contributed by atoms with E-state index in [0.29, 0.717) is 0 Å². The van der Waals surface area contributed by atoms with Crippen LogP contribution in [-0.4, -0.2) is 17.3 Å².